The summed E-state index contributed by atoms with van der Waals surface area (Å²) in [6.07, 6.45) is 5.73. The van der Waals surface area contributed by atoms with Crippen LogP contribution in [-0.2, 0) is 11.3 Å². The second kappa shape index (κ2) is 5.11. The maximum atomic E-state index is 11.7. The summed E-state index contributed by atoms with van der Waals surface area (Å²) in [5, 5.41) is 6.47. The molecule has 2 aliphatic rings. The molecule has 0 atom stereocenters. The summed E-state index contributed by atoms with van der Waals surface area (Å²) < 4.78 is 0. The zero-order chi connectivity index (χ0) is 12.4. The number of rotatable bonds is 6. The third kappa shape index (κ3) is 3.57. The van der Waals surface area contributed by atoms with E-state index in [1.807, 2.05) is 12.1 Å². The Morgan fingerprint density at radius 1 is 1.22 bits per heavy atom. The van der Waals surface area contributed by atoms with Gasteiger partial charge in [0, 0.05) is 24.7 Å². The van der Waals surface area contributed by atoms with E-state index in [0.29, 0.717) is 12.3 Å². The lowest BCUT2D eigenvalue weighted by molar-refractivity contribution is -0.116. The first-order chi connectivity index (χ1) is 8.79. The third-order valence-electron chi connectivity index (χ3n) is 3.55. The number of amides is 1. The van der Waals surface area contributed by atoms with Crippen molar-refractivity contribution in [2.45, 2.75) is 44.7 Å². The van der Waals surface area contributed by atoms with Crippen LogP contribution >= 0.6 is 0 Å². The van der Waals surface area contributed by atoms with E-state index in [2.05, 4.69) is 22.8 Å². The molecule has 0 heterocycles. The molecule has 1 aromatic rings. The summed E-state index contributed by atoms with van der Waals surface area (Å²) in [6, 6.07) is 8.87. The van der Waals surface area contributed by atoms with Crippen molar-refractivity contribution in [3.8, 4) is 0 Å². The lowest BCUT2D eigenvalue weighted by Crippen LogP contribution is -2.16. The van der Waals surface area contributed by atoms with Crippen molar-refractivity contribution in [2.24, 2.45) is 5.92 Å². The fourth-order valence-electron chi connectivity index (χ4n) is 2.10. The van der Waals surface area contributed by atoms with Gasteiger partial charge in [-0.15, -0.1) is 0 Å². The number of nitrogens with one attached hydrogen (secondary N) is 2. The van der Waals surface area contributed by atoms with E-state index in [9.17, 15) is 4.79 Å². The zero-order valence-electron chi connectivity index (χ0n) is 10.6. The number of carbonyl (C=O) groups excluding carboxylic acids is 1. The molecule has 3 nitrogen and oxygen atoms in total. The van der Waals surface area contributed by atoms with Gasteiger partial charge < -0.3 is 10.6 Å². The summed E-state index contributed by atoms with van der Waals surface area (Å²) in [6.45, 7) is 0.900. The Balaban J connectivity index is 1.53. The van der Waals surface area contributed by atoms with Crippen LogP contribution in [0.4, 0.5) is 5.69 Å². The van der Waals surface area contributed by atoms with Gasteiger partial charge in [0.25, 0.3) is 0 Å². The molecule has 96 valence electrons. The van der Waals surface area contributed by atoms with Gasteiger partial charge in [-0.25, -0.2) is 0 Å². The average Bonchev–Trinajstić information content (AvgIpc) is 3.22. The molecular formula is C15H20N2O. The molecule has 3 rings (SSSR count). The first-order valence-corrected chi connectivity index (χ1v) is 6.92. The molecule has 0 radical (unpaired) electrons. The van der Waals surface area contributed by atoms with Gasteiger partial charge in [-0.3, -0.25) is 4.79 Å². The highest BCUT2D eigenvalue weighted by atomic mass is 16.1. The van der Waals surface area contributed by atoms with Gasteiger partial charge in [-0.2, -0.15) is 0 Å². The van der Waals surface area contributed by atoms with Crippen molar-refractivity contribution in [3.05, 3.63) is 29.8 Å². The highest BCUT2D eigenvalue weighted by Gasteiger charge is 2.24. The third-order valence-corrected chi connectivity index (χ3v) is 3.55. The Labute approximate surface area is 108 Å². The van der Waals surface area contributed by atoms with Crippen molar-refractivity contribution in [3.63, 3.8) is 0 Å². The van der Waals surface area contributed by atoms with E-state index in [0.717, 1.165) is 18.3 Å². The SMILES string of the molecule is O=C(CC1CC1)Nc1cccc(CNC2CC2)c1. The van der Waals surface area contributed by atoms with E-state index in [-0.39, 0.29) is 5.91 Å². The topological polar surface area (TPSA) is 41.1 Å². The molecule has 0 unspecified atom stereocenters. The van der Waals surface area contributed by atoms with Crippen LogP contribution in [0.1, 0.15) is 37.7 Å². The molecule has 3 heteroatoms. The van der Waals surface area contributed by atoms with E-state index in [1.165, 1.54) is 31.2 Å². The van der Waals surface area contributed by atoms with Crippen LogP contribution in [0.2, 0.25) is 0 Å². The van der Waals surface area contributed by atoms with Crippen molar-refractivity contribution in [1.82, 2.24) is 5.32 Å². The molecule has 0 aliphatic heterocycles. The number of anilines is 1. The number of benzene rings is 1. The molecule has 2 aliphatic carbocycles. The minimum Gasteiger partial charge on any atom is -0.326 e. The fraction of sp³-hybridized carbons (Fsp3) is 0.533. The van der Waals surface area contributed by atoms with Gasteiger partial charge in [-0.05, 0) is 49.3 Å². The molecule has 1 aromatic carbocycles. The monoisotopic (exact) mass is 244 g/mol. The summed E-state index contributed by atoms with van der Waals surface area (Å²) >= 11 is 0. The second-order valence-corrected chi connectivity index (χ2v) is 5.55. The highest BCUT2D eigenvalue weighted by molar-refractivity contribution is 5.91. The van der Waals surface area contributed by atoms with Crippen LogP contribution in [-0.4, -0.2) is 11.9 Å². The molecule has 2 saturated carbocycles. The highest BCUT2D eigenvalue weighted by Crippen LogP contribution is 2.32. The van der Waals surface area contributed by atoms with Crippen LogP contribution in [0.25, 0.3) is 0 Å². The molecular weight excluding hydrogens is 224 g/mol. The van der Waals surface area contributed by atoms with Crippen molar-refractivity contribution in [2.75, 3.05) is 5.32 Å². The lowest BCUT2D eigenvalue weighted by Gasteiger charge is -2.08. The summed E-state index contributed by atoms with van der Waals surface area (Å²) in [4.78, 5) is 11.7. The van der Waals surface area contributed by atoms with Gasteiger partial charge in [0.05, 0.1) is 0 Å². The van der Waals surface area contributed by atoms with Crippen molar-refractivity contribution in [1.29, 1.82) is 0 Å². The maximum absolute atomic E-state index is 11.7. The van der Waals surface area contributed by atoms with E-state index >= 15 is 0 Å². The summed E-state index contributed by atoms with van der Waals surface area (Å²) in [5.41, 5.74) is 2.17. The van der Waals surface area contributed by atoms with Crippen LogP contribution in [0.15, 0.2) is 24.3 Å². The predicted molar refractivity (Wildman–Crippen MR) is 72.3 cm³/mol. The molecule has 0 saturated heterocycles. The van der Waals surface area contributed by atoms with Crippen LogP contribution in [0.5, 0.6) is 0 Å². The Kier molecular flexibility index (Phi) is 3.33. The molecule has 2 N–H and O–H groups in total. The van der Waals surface area contributed by atoms with Gasteiger partial charge >= 0.3 is 0 Å². The normalized spacial score (nSPS) is 18.7. The Hall–Kier alpha value is -1.35. The van der Waals surface area contributed by atoms with E-state index < -0.39 is 0 Å². The predicted octanol–water partition coefficient (Wildman–Crippen LogP) is 2.68. The van der Waals surface area contributed by atoms with E-state index in [1.54, 1.807) is 0 Å². The van der Waals surface area contributed by atoms with Gasteiger partial charge in [-0.1, -0.05) is 12.1 Å². The fourth-order valence-corrected chi connectivity index (χ4v) is 2.10. The smallest absolute Gasteiger partial charge is 0.224 e. The number of hydrogen-bond donors (Lipinski definition) is 2. The van der Waals surface area contributed by atoms with Gasteiger partial charge in [0.1, 0.15) is 0 Å². The van der Waals surface area contributed by atoms with Crippen LogP contribution in [0, 0.1) is 5.92 Å². The average molecular weight is 244 g/mol. The molecule has 18 heavy (non-hydrogen) atoms. The van der Waals surface area contributed by atoms with Crippen molar-refractivity contribution < 1.29 is 4.79 Å². The lowest BCUT2D eigenvalue weighted by atomic mass is 10.2. The summed E-state index contributed by atoms with van der Waals surface area (Å²) in [5.74, 6) is 0.800. The number of hydrogen-bond acceptors (Lipinski definition) is 2. The van der Waals surface area contributed by atoms with Gasteiger partial charge in [0.15, 0.2) is 0 Å². The Morgan fingerprint density at radius 3 is 2.78 bits per heavy atom. The first-order valence-electron chi connectivity index (χ1n) is 6.92. The summed E-state index contributed by atoms with van der Waals surface area (Å²) in [7, 11) is 0. The zero-order valence-corrected chi connectivity index (χ0v) is 10.6. The molecule has 0 bridgehead atoms. The Morgan fingerprint density at radius 2 is 2.06 bits per heavy atom. The molecule has 1 amide bonds. The first kappa shape index (κ1) is 11.7. The largest absolute Gasteiger partial charge is 0.326 e. The molecule has 2 fully saturated rings. The second-order valence-electron chi connectivity index (χ2n) is 5.55. The standard InChI is InChI=1S/C15H20N2O/c18-15(9-11-4-5-11)17-14-3-1-2-12(8-14)10-16-13-6-7-13/h1-3,8,11,13,16H,4-7,9-10H2,(H,17,18). The minimum atomic E-state index is 0.157. The van der Waals surface area contributed by atoms with Crippen molar-refractivity contribution >= 4 is 11.6 Å². The van der Waals surface area contributed by atoms with Crippen LogP contribution in [0.3, 0.4) is 0 Å². The number of carbonyl (C=O) groups is 1. The van der Waals surface area contributed by atoms with E-state index in [4.69, 9.17) is 0 Å². The quantitative estimate of drug-likeness (QED) is 0.807. The van der Waals surface area contributed by atoms with Crippen LogP contribution < -0.4 is 10.6 Å². The van der Waals surface area contributed by atoms with Gasteiger partial charge in [0.2, 0.25) is 5.91 Å². The molecule has 0 spiro atoms. The maximum Gasteiger partial charge on any atom is 0.224 e. The Bertz CT molecular complexity index is 436. The minimum absolute atomic E-state index is 0.157. The molecule has 0 aromatic heterocycles.